The van der Waals surface area contributed by atoms with Gasteiger partial charge in [0.1, 0.15) is 0 Å². The van der Waals surface area contributed by atoms with Gasteiger partial charge in [-0.25, -0.2) is 4.39 Å². The lowest BCUT2D eigenvalue weighted by Gasteiger charge is -2.39. The molecule has 0 unspecified atom stereocenters. The van der Waals surface area contributed by atoms with Gasteiger partial charge in [0.05, 0.1) is 0 Å². The summed E-state index contributed by atoms with van der Waals surface area (Å²) in [7, 11) is 0. The molecule has 0 fully saturated rings. The monoisotopic (exact) mass is 435 g/mol. The first-order valence-electron chi connectivity index (χ1n) is 6.08. The van der Waals surface area contributed by atoms with Gasteiger partial charge >= 0.3 is 35.8 Å². The Morgan fingerprint density at radius 3 is 1.33 bits per heavy atom. The number of hydrogen-bond acceptors (Lipinski definition) is 2. The van der Waals surface area contributed by atoms with E-state index in [1.807, 2.05) is 0 Å². The topological polar surface area (TPSA) is 34.1 Å². The second-order valence-corrected chi connectivity index (χ2v) is 4.90. The van der Waals surface area contributed by atoms with E-state index in [4.69, 9.17) is 0 Å². The molecule has 0 N–H and O–H groups in total. The van der Waals surface area contributed by atoms with Gasteiger partial charge in [0.25, 0.3) is 0 Å². The quantitative estimate of drug-likeness (QED) is 0.386. The summed E-state index contributed by atoms with van der Waals surface area (Å²) in [5.74, 6) is -42.3. The predicted molar refractivity (Wildman–Crippen MR) is 55.4 cm³/mol. The maximum absolute atomic E-state index is 13.2. The van der Waals surface area contributed by atoms with Crippen molar-refractivity contribution in [3.63, 3.8) is 0 Å². The molecule has 0 atom stereocenters. The third kappa shape index (κ3) is 3.97. The van der Waals surface area contributed by atoms with Crippen molar-refractivity contribution >= 4 is 11.6 Å². The SMILES string of the molecule is O=C([CH]F)C(=O)CCC(F)(F)C(F)(F)C(F)(F)C(F)(F)C(F)(F)C(F)(F)F. The Morgan fingerprint density at radius 2 is 1.00 bits per heavy atom. The van der Waals surface area contributed by atoms with Gasteiger partial charge in [-0.05, 0) is 0 Å². The molecule has 0 aliphatic rings. The molecule has 0 saturated carbocycles. The van der Waals surface area contributed by atoms with Crippen molar-refractivity contribution in [2.24, 2.45) is 0 Å². The summed E-state index contributed by atoms with van der Waals surface area (Å²) >= 11 is 0. The fourth-order valence-electron chi connectivity index (χ4n) is 1.41. The van der Waals surface area contributed by atoms with Crippen LogP contribution in [-0.2, 0) is 9.59 Å². The van der Waals surface area contributed by atoms with Crippen LogP contribution >= 0.6 is 0 Å². The van der Waals surface area contributed by atoms with Gasteiger partial charge in [0, 0.05) is 12.8 Å². The van der Waals surface area contributed by atoms with Crippen LogP contribution in [0.25, 0.3) is 0 Å². The molecular formula is C11H5F14O2. The lowest BCUT2D eigenvalue weighted by atomic mass is 9.91. The fraction of sp³-hybridized carbons (Fsp3) is 0.727. The first-order chi connectivity index (χ1) is 11.6. The fourth-order valence-corrected chi connectivity index (χ4v) is 1.41. The average molecular weight is 435 g/mol. The van der Waals surface area contributed by atoms with E-state index in [1.165, 1.54) is 0 Å². The second kappa shape index (κ2) is 7.07. The molecule has 0 aliphatic carbocycles. The molecular weight excluding hydrogens is 430 g/mol. The van der Waals surface area contributed by atoms with E-state index >= 15 is 0 Å². The molecule has 0 aromatic heterocycles. The normalized spacial score (nSPS) is 15.0. The highest BCUT2D eigenvalue weighted by Gasteiger charge is 2.90. The Balaban J connectivity index is 5.94. The Labute approximate surface area is 139 Å². The lowest BCUT2D eigenvalue weighted by molar-refractivity contribution is -0.440. The van der Waals surface area contributed by atoms with E-state index < -0.39 is 66.9 Å². The lowest BCUT2D eigenvalue weighted by Crippen LogP contribution is -2.70. The van der Waals surface area contributed by atoms with Crippen molar-refractivity contribution in [2.75, 3.05) is 0 Å². The number of alkyl halides is 13. The van der Waals surface area contributed by atoms with Crippen LogP contribution in [0, 0.1) is 6.67 Å². The van der Waals surface area contributed by atoms with Crippen molar-refractivity contribution in [1.29, 1.82) is 0 Å². The van der Waals surface area contributed by atoms with Crippen molar-refractivity contribution < 1.29 is 71.1 Å². The van der Waals surface area contributed by atoms with E-state index in [0.717, 1.165) is 0 Å². The molecule has 0 spiro atoms. The summed E-state index contributed by atoms with van der Waals surface area (Å²) in [4.78, 5) is 21.1. The zero-order valence-corrected chi connectivity index (χ0v) is 12.1. The first-order valence-corrected chi connectivity index (χ1v) is 6.08. The molecule has 0 saturated heterocycles. The standard InChI is InChI=1S/C11H5F14O2/c12-3-5(27)4(26)1-2-6(13,14)7(15,16)8(17,18)9(19,20)10(21,22)11(23,24)25/h3H,1-2H2. The van der Waals surface area contributed by atoms with Gasteiger partial charge in [-0.1, -0.05) is 0 Å². The highest BCUT2D eigenvalue weighted by Crippen LogP contribution is 2.60. The van der Waals surface area contributed by atoms with Crippen LogP contribution in [0.1, 0.15) is 12.8 Å². The van der Waals surface area contributed by atoms with Gasteiger partial charge < -0.3 is 0 Å². The van der Waals surface area contributed by atoms with Crippen molar-refractivity contribution in [3.8, 4) is 0 Å². The van der Waals surface area contributed by atoms with E-state index in [9.17, 15) is 71.1 Å². The smallest absolute Gasteiger partial charge is 0.291 e. The minimum atomic E-state index is -8.04. The summed E-state index contributed by atoms with van der Waals surface area (Å²) in [6.45, 7) is -1.05. The largest absolute Gasteiger partial charge is 0.460 e. The highest BCUT2D eigenvalue weighted by molar-refractivity contribution is 6.39. The van der Waals surface area contributed by atoms with Crippen LogP contribution in [-0.4, -0.2) is 47.4 Å². The number of halogens is 14. The molecule has 0 aliphatic heterocycles. The van der Waals surface area contributed by atoms with Gasteiger partial charge in [0.15, 0.2) is 0 Å². The van der Waals surface area contributed by atoms with Crippen LogP contribution in [0.3, 0.4) is 0 Å². The second-order valence-electron chi connectivity index (χ2n) is 4.90. The summed E-state index contributed by atoms with van der Waals surface area (Å²) in [6.07, 6.45) is -12.5. The van der Waals surface area contributed by atoms with E-state index in [0.29, 0.717) is 0 Å². The van der Waals surface area contributed by atoms with Crippen molar-refractivity contribution in [1.82, 2.24) is 0 Å². The summed E-state index contributed by atoms with van der Waals surface area (Å²) in [5, 5.41) is 0. The number of Topliss-reactive ketones (excluding diaryl/α,β-unsaturated/α-hetero) is 2. The van der Waals surface area contributed by atoms with E-state index in [1.54, 1.807) is 0 Å². The number of carbonyl (C=O) groups is 2. The zero-order valence-electron chi connectivity index (χ0n) is 12.1. The van der Waals surface area contributed by atoms with E-state index in [2.05, 4.69) is 0 Å². The van der Waals surface area contributed by atoms with Gasteiger partial charge in [-0.3, -0.25) is 9.59 Å². The van der Waals surface area contributed by atoms with Crippen LogP contribution < -0.4 is 0 Å². The van der Waals surface area contributed by atoms with Crippen LogP contribution in [0.15, 0.2) is 0 Å². The molecule has 0 amide bonds. The Kier molecular flexibility index (Phi) is 6.64. The molecule has 0 bridgehead atoms. The van der Waals surface area contributed by atoms with E-state index in [-0.39, 0.29) is 0 Å². The number of rotatable bonds is 9. The molecule has 2 nitrogen and oxygen atoms in total. The Bertz CT molecular complexity index is 576. The molecule has 27 heavy (non-hydrogen) atoms. The number of hydrogen-bond donors (Lipinski definition) is 0. The van der Waals surface area contributed by atoms with Gasteiger partial charge in [-0.2, -0.15) is 57.1 Å². The summed E-state index contributed by atoms with van der Waals surface area (Å²) in [6, 6.07) is 0. The summed E-state index contributed by atoms with van der Waals surface area (Å²) < 4.78 is 177. The van der Waals surface area contributed by atoms with Crippen molar-refractivity contribution in [2.45, 2.75) is 48.6 Å². The summed E-state index contributed by atoms with van der Waals surface area (Å²) in [5.41, 5.74) is 0. The molecule has 0 aromatic rings. The third-order valence-corrected chi connectivity index (χ3v) is 3.04. The third-order valence-electron chi connectivity index (χ3n) is 3.04. The molecule has 159 valence electrons. The number of ketones is 2. The van der Waals surface area contributed by atoms with Gasteiger partial charge in [0.2, 0.25) is 18.2 Å². The minimum Gasteiger partial charge on any atom is -0.291 e. The molecule has 0 rings (SSSR count). The minimum absolute atomic E-state index is 1.05. The van der Waals surface area contributed by atoms with Crippen LogP contribution in [0.4, 0.5) is 61.5 Å². The number of carbonyl (C=O) groups excluding carboxylic acids is 2. The van der Waals surface area contributed by atoms with Crippen LogP contribution in [0.2, 0.25) is 0 Å². The predicted octanol–water partition coefficient (Wildman–Crippen LogP) is 4.77. The first kappa shape index (κ1) is 25.4. The Morgan fingerprint density at radius 1 is 0.630 bits per heavy atom. The van der Waals surface area contributed by atoms with Gasteiger partial charge in [-0.15, -0.1) is 0 Å². The maximum Gasteiger partial charge on any atom is 0.460 e. The molecule has 16 heteroatoms. The zero-order chi connectivity index (χ0) is 22.3. The molecule has 0 aromatic carbocycles. The molecule has 1 radical (unpaired) electrons. The maximum atomic E-state index is 13.2. The van der Waals surface area contributed by atoms with Crippen LogP contribution in [0.5, 0.6) is 0 Å². The Hall–Kier alpha value is -1.64. The van der Waals surface area contributed by atoms with Crippen molar-refractivity contribution in [3.05, 3.63) is 6.67 Å². The average Bonchev–Trinajstić information content (AvgIpc) is 2.49. The molecule has 0 heterocycles. The highest BCUT2D eigenvalue weighted by atomic mass is 19.4.